The summed E-state index contributed by atoms with van der Waals surface area (Å²) in [6.07, 6.45) is 10.7. The molecule has 2 aliphatic rings. The largest absolute Gasteiger partial charge is 0.480 e. The number of nitrogens with zero attached hydrogens (tertiary/aromatic N) is 1. The van der Waals surface area contributed by atoms with Gasteiger partial charge in [0.2, 0.25) is 0 Å². The summed E-state index contributed by atoms with van der Waals surface area (Å²) in [6.45, 7) is 4.24. The number of carbonyl (C=O) groups is 1. The van der Waals surface area contributed by atoms with Gasteiger partial charge >= 0.3 is 5.97 Å². The Morgan fingerprint density at radius 1 is 1.29 bits per heavy atom. The number of likely N-dealkylation sites (N-methyl/N-ethyl adjacent to an activating group) is 1. The van der Waals surface area contributed by atoms with Gasteiger partial charge in [0.1, 0.15) is 5.54 Å². The Morgan fingerprint density at radius 2 is 2.00 bits per heavy atom. The predicted octanol–water partition coefficient (Wildman–Crippen LogP) is 2.87. The van der Waals surface area contributed by atoms with Crippen molar-refractivity contribution in [1.82, 2.24) is 10.2 Å². The van der Waals surface area contributed by atoms with Crippen molar-refractivity contribution in [1.29, 1.82) is 0 Å². The quantitative estimate of drug-likeness (QED) is 0.723. The second-order valence-electron chi connectivity index (χ2n) is 6.88. The molecule has 2 rings (SSSR count). The van der Waals surface area contributed by atoms with Crippen molar-refractivity contribution in [3.05, 3.63) is 0 Å². The molecule has 0 aromatic carbocycles. The van der Waals surface area contributed by atoms with E-state index in [0.29, 0.717) is 6.42 Å². The van der Waals surface area contributed by atoms with Crippen LogP contribution in [0.15, 0.2) is 0 Å². The second-order valence-corrected chi connectivity index (χ2v) is 6.88. The molecule has 4 nitrogen and oxygen atoms in total. The van der Waals surface area contributed by atoms with Crippen LogP contribution in [-0.2, 0) is 4.79 Å². The van der Waals surface area contributed by atoms with E-state index in [1.54, 1.807) is 7.05 Å². The summed E-state index contributed by atoms with van der Waals surface area (Å²) in [5, 5.41) is 12.5. The first kappa shape index (κ1) is 16.8. The maximum absolute atomic E-state index is 11.5. The highest BCUT2D eigenvalue weighted by atomic mass is 16.4. The average Bonchev–Trinajstić information content (AvgIpc) is 3.14. The summed E-state index contributed by atoms with van der Waals surface area (Å²) >= 11 is 0. The van der Waals surface area contributed by atoms with Crippen LogP contribution in [0.2, 0.25) is 0 Å². The first-order valence-corrected chi connectivity index (χ1v) is 8.79. The van der Waals surface area contributed by atoms with Crippen molar-refractivity contribution in [2.75, 3.05) is 20.1 Å². The highest BCUT2D eigenvalue weighted by molar-refractivity contribution is 5.78. The maximum atomic E-state index is 11.5. The van der Waals surface area contributed by atoms with Gasteiger partial charge < -0.3 is 15.3 Å². The SMILES string of the molecule is CCC(CCCN1CCCC1C1CCCC1)(NC)C(=O)O. The number of carboxylic acids is 1. The summed E-state index contributed by atoms with van der Waals surface area (Å²) < 4.78 is 0. The zero-order valence-corrected chi connectivity index (χ0v) is 13.7. The van der Waals surface area contributed by atoms with Crippen molar-refractivity contribution >= 4 is 5.97 Å². The third-order valence-corrected chi connectivity index (χ3v) is 5.90. The fraction of sp³-hybridized carbons (Fsp3) is 0.941. The predicted molar refractivity (Wildman–Crippen MR) is 85.5 cm³/mol. The minimum Gasteiger partial charge on any atom is -0.480 e. The summed E-state index contributed by atoms with van der Waals surface area (Å²) in [4.78, 5) is 14.2. The van der Waals surface area contributed by atoms with Crippen LogP contribution in [0.4, 0.5) is 0 Å². The van der Waals surface area contributed by atoms with Gasteiger partial charge in [0.05, 0.1) is 0 Å². The van der Waals surface area contributed by atoms with E-state index >= 15 is 0 Å². The van der Waals surface area contributed by atoms with Gasteiger partial charge in [0.25, 0.3) is 0 Å². The van der Waals surface area contributed by atoms with Crippen LogP contribution in [0.5, 0.6) is 0 Å². The van der Waals surface area contributed by atoms with E-state index in [2.05, 4.69) is 10.2 Å². The highest BCUT2D eigenvalue weighted by Gasteiger charge is 2.36. The molecule has 21 heavy (non-hydrogen) atoms. The van der Waals surface area contributed by atoms with Crippen LogP contribution >= 0.6 is 0 Å². The number of hydrogen-bond acceptors (Lipinski definition) is 3. The lowest BCUT2D eigenvalue weighted by Crippen LogP contribution is -2.50. The van der Waals surface area contributed by atoms with Gasteiger partial charge in [-0.2, -0.15) is 0 Å². The molecule has 1 saturated carbocycles. The van der Waals surface area contributed by atoms with Gasteiger partial charge in [-0.1, -0.05) is 19.8 Å². The van der Waals surface area contributed by atoms with Crippen LogP contribution < -0.4 is 5.32 Å². The van der Waals surface area contributed by atoms with Crippen molar-refractivity contribution in [2.45, 2.75) is 76.3 Å². The van der Waals surface area contributed by atoms with E-state index in [0.717, 1.165) is 31.3 Å². The van der Waals surface area contributed by atoms with E-state index in [9.17, 15) is 9.90 Å². The molecule has 1 heterocycles. The lowest BCUT2D eigenvalue weighted by molar-refractivity contribution is -0.145. The standard InChI is InChI=1S/C17H32N2O2/c1-3-17(18-2,16(20)21)11-7-13-19-12-6-10-15(19)14-8-4-5-9-14/h14-15,18H,3-13H2,1-2H3,(H,20,21). The fourth-order valence-electron chi connectivity index (χ4n) is 4.43. The summed E-state index contributed by atoms with van der Waals surface area (Å²) in [5.74, 6) is 0.202. The minimum atomic E-state index is -0.734. The third kappa shape index (κ3) is 3.78. The molecule has 122 valence electrons. The molecule has 1 aliphatic heterocycles. The first-order valence-electron chi connectivity index (χ1n) is 8.79. The fourth-order valence-corrected chi connectivity index (χ4v) is 4.43. The Balaban J connectivity index is 1.82. The smallest absolute Gasteiger partial charge is 0.323 e. The van der Waals surface area contributed by atoms with Crippen molar-refractivity contribution in [3.63, 3.8) is 0 Å². The van der Waals surface area contributed by atoms with Gasteiger partial charge in [-0.05, 0) is 71.0 Å². The number of likely N-dealkylation sites (tertiary alicyclic amines) is 1. The van der Waals surface area contributed by atoms with Gasteiger partial charge in [-0.15, -0.1) is 0 Å². The Morgan fingerprint density at radius 3 is 2.57 bits per heavy atom. The van der Waals surface area contributed by atoms with Crippen molar-refractivity contribution in [3.8, 4) is 0 Å². The molecule has 0 spiro atoms. The highest BCUT2D eigenvalue weighted by Crippen LogP contribution is 2.35. The number of rotatable bonds is 8. The van der Waals surface area contributed by atoms with Crippen LogP contribution in [0.1, 0.15) is 64.7 Å². The maximum Gasteiger partial charge on any atom is 0.323 e. The molecule has 0 radical (unpaired) electrons. The molecule has 0 bridgehead atoms. The number of hydrogen-bond donors (Lipinski definition) is 2. The van der Waals surface area contributed by atoms with Crippen LogP contribution in [0.3, 0.4) is 0 Å². The monoisotopic (exact) mass is 296 g/mol. The number of aliphatic carboxylic acids is 1. The van der Waals surface area contributed by atoms with Gasteiger partial charge in [-0.25, -0.2) is 0 Å². The van der Waals surface area contributed by atoms with E-state index in [1.807, 2.05) is 6.92 Å². The second kappa shape index (κ2) is 7.59. The lowest BCUT2D eigenvalue weighted by atomic mass is 9.90. The van der Waals surface area contributed by atoms with E-state index in [4.69, 9.17) is 0 Å². The van der Waals surface area contributed by atoms with Gasteiger partial charge in [-0.3, -0.25) is 4.79 Å². The molecule has 1 saturated heterocycles. The van der Waals surface area contributed by atoms with E-state index in [1.165, 1.54) is 45.1 Å². The number of nitrogens with one attached hydrogen (secondary N) is 1. The van der Waals surface area contributed by atoms with Crippen molar-refractivity contribution < 1.29 is 9.90 Å². The Kier molecular flexibility index (Phi) is 6.06. The molecule has 2 atom stereocenters. The molecule has 0 aromatic heterocycles. The Labute approximate surface area is 129 Å². The lowest BCUT2D eigenvalue weighted by Gasteiger charge is -2.32. The molecule has 0 aromatic rings. The molecular formula is C17H32N2O2. The summed E-state index contributed by atoms with van der Waals surface area (Å²) in [6, 6.07) is 0.781. The molecule has 1 aliphatic carbocycles. The van der Waals surface area contributed by atoms with E-state index < -0.39 is 11.5 Å². The topological polar surface area (TPSA) is 52.6 Å². The molecule has 0 amide bonds. The number of carboxylic acid groups (broad SMARTS) is 1. The minimum absolute atomic E-state index is 0.644. The zero-order valence-electron chi connectivity index (χ0n) is 13.7. The van der Waals surface area contributed by atoms with Crippen LogP contribution in [-0.4, -0.2) is 47.7 Å². The molecule has 2 unspecified atom stereocenters. The normalized spacial score (nSPS) is 27.0. The van der Waals surface area contributed by atoms with Crippen LogP contribution in [0.25, 0.3) is 0 Å². The summed E-state index contributed by atoms with van der Waals surface area (Å²) in [5.41, 5.74) is -0.734. The molecule has 4 heteroatoms. The molecule has 2 N–H and O–H groups in total. The Hall–Kier alpha value is -0.610. The van der Waals surface area contributed by atoms with E-state index in [-0.39, 0.29) is 0 Å². The Bertz CT molecular complexity index is 336. The van der Waals surface area contributed by atoms with Gasteiger partial charge in [0.15, 0.2) is 0 Å². The summed E-state index contributed by atoms with van der Waals surface area (Å²) in [7, 11) is 1.77. The average molecular weight is 296 g/mol. The molecular weight excluding hydrogens is 264 g/mol. The van der Waals surface area contributed by atoms with Crippen LogP contribution in [0, 0.1) is 5.92 Å². The zero-order chi connectivity index (χ0) is 15.3. The van der Waals surface area contributed by atoms with Crippen molar-refractivity contribution in [2.24, 2.45) is 5.92 Å². The van der Waals surface area contributed by atoms with Gasteiger partial charge in [0, 0.05) is 6.04 Å². The third-order valence-electron chi connectivity index (χ3n) is 5.90. The first-order chi connectivity index (χ1) is 10.1. The molecule has 2 fully saturated rings.